The van der Waals surface area contributed by atoms with Gasteiger partial charge in [-0.05, 0) is 47.0 Å². The Morgan fingerprint density at radius 3 is 2.20 bits per heavy atom. The smallest absolute Gasteiger partial charge is 0.224 e. The molecule has 1 N–H and O–H groups in total. The van der Waals surface area contributed by atoms with Crippen molar-refractivity contribution in [3.05, 3.63) is 70.9 Å². The number of halogens is 4. The first-order valence-electron chi connectivity index (χ1n) is 6.92. The fraction of sp³-hybridized carbons (Fsp3) is 0. The average molecular weight is 361 g/mol. The van der Waals surface area contributed by atoms with E-state index in [0.717, 1.165) is 18.3 Å². The Morgan fingerprint density at radius 2 is 1.60 bits per heavy atom. The number of nitrogens with one attached hydrogen (secondary N) is 1. The first-order valence-corrected chi connectivity index (χ1v) is 7.30. The standard InChI is InChI=1S/C17H8ClF3N4/c18-17-23-8-14(21)16(25-17)24-15-12(19)5-11(6-13(15)20)10-3-1-9(7-22)2-4-10/h1-6,8H,(H,23,24,25). The molecule has 8 heteroatoms. The van der Waals surface area contributed by atoms with Crippen molar-refractivity contribution in [1.82, 2.24) is 9.97 Å². The van der Waals surface area contributed by atoms with Crippen LogP contribution >= 0.6 is 11.6 Å². The Bertz CT molecular complexity index is 961. The van der Waals surface area contributed by atoms with Gasteiger partial charge in [0.15, 0.2) is 11.6 Å². The molecule has 0 saturated heterocycles. The van der Waals surface area contributed by atoms with Crippen LogP contribution in [0.3, 0.4) is 0 Å². The highest BCUT2D eigenvalue weighted by Gasteiger charge is 2.15. The van der Waals surface area contributed by atoms with Crippen molar-refractivity contribution < 1.29 is 13.2 Å². The van der Waals surface area contributed by atoms with Crippen LogP contribution in [-0.2, 0) is 0 Å². The number of aromatic nitrogens is 2. The van der Waals surface area contributed by atoms with Crippen molar-refractivity contribution in [2.45, 2.75) is 0 Å². The van der Waals surface area contributed by atoms with E-state index in [1.165, 1.54) is 12.1 Å². The van der Waals surface area contributed by atoms with Crippen LogP contribution in [0.4, 0.5) is 24.7 Å². The molecule has 25 heavy (non-hydrogen) atoms. The summed E-state index contributed by atoms with van der Waals surface area (Å²) in [5.74, 6) is -3.22. The predicted molar refractivity (Wildman–Crippen MR) is 86.8 cm³/mol. The fourth-order valence-electron chi connectivity index (χ4n) is 2.15. The Hall–Kier alpha value is -3.11. The summed E-state index contributed by atoms with van der Waals surface area (Å²) in [7, 11) is 0. The molecule has 3 rings (SSSR count). The summed E-state index contributed by atoms with van der Waals surface area (Å²) < 4.78 is 42.2. The second-order valence-corrected chi connectivity index (χ2v) is 5.30. The highest BCUT2D eigenvalue weighted by atomic mass is 35.5. The van der Waals surface area contributed by atoms with Crippen LogP contribution in [0.1, 0.15) is 5.56 Å². The molecule has 1 aromatic heterocycles. The number of anilines is 2. The predicted octanol–water partition coefficient (Wildman–Crippen LogP) is 4.83. The molecule has 0 aliphatic heterocycles. The maximum absolute atomic E-state index is 14.3. The number of hydrogen-bond acceptors (Lipinski definition) is 4. The highest BCUT2D eigenvalue weighted by Crippen LogP contribution is 2.30. The van der Waals surface area contributed by atoms with E-state index in [9.17, 15) is 13.2 Å². The number of rotatable bonds is 3. The lowest BCUT2D eigenvalue weighted by Crippen LogP contribution is -2.03. The quantitative estimate of drug-likeness (QED) is 0.679. The highest BCUT2D eigenvalue weighted by molar-refractivity contribution is 6.28. The molecule has 124 valence electrons. The zero-order valence-electron chi connectivity index (χ0n) is 12.4. The van der Waals surface area contributed by atoms with Gasteiger partial charge in [0.2, 0.25) is 5.28 Å². The minimum atomic E-state index is -0.937. The topological polar surface area (TPSA) is 61.6 Å². The zero-order valence-corrected chi connectivity index (χ0v) is 13.2. The van der Waals surface area contributed by atoms with Gasteiger partial charge in [0.05, 0.1) is 17.8 Å². The maximum atomic E-state index is 14.3. The Labute approximate surface area is 145 Å². The molecule has 0 aliphatic carbocycles. The molecule has 3 aromatic rings. The molecule has 2 aromatic carbocycles. The van der Waals surface area contributed by atoms with E-state index in [1.54, 1.807) is 12.1 Å². The van der Waals surface area contributed by atoms with Crippen molar-refractivity contribution in [2.75, 3.05) is 5.32 Å². The number of nitriles is 1. The monoisotopic (exact) mass is 360 g/mol. The van der Waals surface area contributed by atoms with E-state index in [1.807, 2.05) is 6.07 Å². The van der Waals surface area contributed by atoms with E-state index in [0.29, 0.717) is 11.1 Å². The minimum absolute atomic E-state index is 0.265. The lowest BCUT2D eigenvalue weighted by atomic mass is 10.0. The van der Waals surface area contributed by atoms with Crippen LogP contribution < -0.4 is 5.32 Å². The molecule has 0 radical (unpaired) electrons. The van der Waals surface area contributed by atoms with Gasteiger partial charge in [-0.3, -0.25) is 0 Å². The first-order chi connectivity index (χ1) is 12.0. The lowest BCUT2D eigenvalue weighted by Gasteiger charge is -2.11. The van der Waals surface area contributed by atoms with E-state index in [2.05, 4.69) is 15.3 Å². The molecule has 0 amide bonds. The van der Waals surface area contributed by atoms with E-state index < -0.39 is 29.0 Å². The Kier molecular flexibility index (Phi) is 4.55. The van der Waals surface area contributed by atoms with E-state index in [4.69, 9.17) is 16.9 Å². The number of nitrogens with zero attached hydrogens (tertiary/aromatic N) is 3. The molecule has 0 saturated carbocycles. The van der Waals surface area contributed by atoms with Gasteiger partial charge >= 0.3 is 0 Å². The third-order valence-corrected chi connectivity index (χ3v) is 3.53. The first kappa shape index (κ1) is 16.7. The van der Waals surface area contributed by atoms with Gasteiger partial charge in [-0.2, -0.15) is 10.2 Å². The van der Waals surface area contributed by atoms with Gasteiger partial charge in [0.25, 0.3) is 0 Å². The molecule has 0 unspecified atom stereocenters. The summed E-state index contributed by atoms with van der Waals surface area (Å²) in [4.78, 5) is 6.98. The van der Waals surface area contributed by atoms with Crippen molar-refractivity contribution >= 4 is 23.1 Å². The molecular formula is C17H8ClF3N4. The van der Waals surface area contributed by atoms with Crippen LogP contribution in [0.25, 0.3) is 11.1 Å². The molecule has 0 aliphatic rings. The third kappa shape index (κ3) is 3.54. The molecule has 0 atom stereocenters. The second-order valence-electron chi connectivity index (χ2n) is 4.96. The Morgan fingerprint density at radius 1 is 0.960 bits per heavy atom. The summed E-state index contributed by atoms with van der Waals surface area (Å²) in [6.45, 7) is 0. The molecule has 4 nitrogen and oxygen atoms in total. The van der Waals surface area contributed by atoms with Crippen LogP contribution in [-0.4, -0.2) is 9.97 Å². The fourth-order valence-corrected chi connectivity index (χ4v) is 2.28. The largest absolute Gasteiger partial charge is 0.333 e. The van der Waals surface area contributed by atoms with E-state index >= 15 is 0 Å². The molecular weight excluding hydrogens is 353 g/mol. The van der Waals surface area contributed by atoms with Crippen molar-refractivity contribution in [3.63, 3.8) is 0 Å². The molecule has 0 fully saturated rings. The van der Waals surface area contributed by atoms with Crippen molar-refractivity contribution in [2.24, 2.45) is 0 Å². The maximum Gasteiger partial charge on any atom is 0.224 e. The summed E-state index contributed by atoms with van der Waals surface area (Å²) in [5, 5.41) is 10.8. The van der Waals surface area contributed by atoms with Gasteiger partial charge in [-0.15, -0.1) is 0 Å². The summed E-state index contributed by atoms with van der Waals surface area (Å²) in [6.07, 6.45) is 0.790. The van der Waals surface area contributed by atoms with Crippen LogP contribution in [0.5, 0.6) is 0 Å². The Balaban J connectivity index is 1.97. The normalized spacial score (nSPS) is 10.4. The summed E-state index contributed by atoms with van der Waals surface area (Å²) in [5.41, 5.74) is 0.663. The zero-order chi connectivity index (χ0) is 18.0. The lowest BCUT2D eigenvalue weighted by molar-refractivity contribution is 0.588. The van der Waals surface area contributed by atoms with Gasteiger partial charge in [0, 0.05) is 0 Å². The van der Waals surface area contributed by atoms with Crippen molar-refractivity contribution in [1.29, 1.82) is 5.26 Å². The number of hydrogen-bond donors (Lipinski definition) is 1. The van der Waals surface area contributed by atoms with Crippen LogP contribution in [0.2, 0.25) is 5.28 Å². The molecule has 0 spiro atoms. The van der Waals surface area contributed by atoms with Gasteiger partial charge < -0.3 is 5.32 Å². The molecule has 1 heterocycles. The van der Waals surface area contributed by atoms with Crippen LogP contribution in [0, 0.1) is 28.8 Å². The minimum Gasteiger partial charge on any atom is -0.333 e. The summed E-state index contributed by atoms with van der Waals surface area (Å²) >= 11 is 5.55. The van der Waals surface area contributed by atoms with Gasteiger partial charge in [-0.1, -0.05) is 12.1 Å². The van der Waals surface area contributed by atoms with E-state index in [-0.39, 0.29) is 10.8 Å². The van der Waals surface area contributed by atoms with Gasteiger partial charge in [-0.25, -0.2) is 18.2 Å². The third-order valence-electron chi connectivity index (χ3n) is 3.35. The van der Waals surface area contributed by atoms with Gasteiger partial charge in [0.1, 0.15) is 17.3 Å². The average Bonchev–Trinajstić information content (AvgIpc) is 2.61. The number of benzene rings is 2. The SMILES string of the molecule is N#Cc1ccc(-c2cc(F)c(Nc3nc(Cl)ncc3F)c(F)c2)cc1. The van der Waals surface area contributed by atoms with Crippen molar-refractivity contribution in [3.8, 4) is 17.2 Å². The van der Waals surface area contributed by atoms with Crippen LogP contribution in [0.15, 0.2) is 42.6 Å². The second kappa shape index (κ2) is 6.79. The summed E-state index contributed by atoms with van der Waals surface area (Å²) in [6, 6.07) is 10.4. The molecule has 0 bridgehead atoms.